The second-order valence-electron chi connectivity index (χ2n) is 5.69. The number of carbonyl (C=O) groups excluding carboxylic acids is 2. The molecule has 0 saturated heterocycles. The number of unbranched alkanes of at least 4 members (excludes halogenated alkanes) is 1. The van der Waals surface area contributed by atoms with Gasteiger partial charge in [-0.05, 0) is 32.3 Å². The third-order valence-corrected chi connectivity index (χ3v) is 3.86. The fourth-order valence-electron chi connectivity index (χ4n) is 2.76. The number of hydrogen-bond acceptors (Lipinski definition) is 2. The summed E-state index contributed by atoms with van der Waals surface area (Å²) in [7, 11) is 0. The molecule has 0 aromatic heterocycles. The Morgan fingerprint density at radius 2 is 1.94 bits per heavy atom. The largest absolute Gasteiger partial charge is 0.294 e. The minimum Gasteiger partial charge on any atom is -0.294 e. The third kappa shape index (κ3) is 1.70. The molecule has 0 aromatic carbocycles. The second-order valence-corrected chi connectivity index (χ2v) is 5.69. The fraction of sp³-hybridized carbons (Fsp3) is 0.600. The van der Waals surface area contributed by atoms with Gasteiger partial charge in [0.15, 0.2) is 11.6 Å². The van der Waals surface area contributed by atoms with Gasteiger partial charge in [-0.1, -0.05) is 26.3 Å². The molecule has 0 radical (unpaired) electrons. The van der Waals surface area contributed by atoms with Gasteiger partial charge in [-0.25, -0.2) is 0 Å². The van der Waals surface area contributed by atoms with Crippen molar-refractivity contribution in [3.8, 4) is 0 Å². The van der Waals surface area contributed by atoms with Gasteiger partial charge in [-0.2, -0.15) is 0 Å². The van der Waals surface area contributed by atoms with Crippen molar-refractivity contribution in [2.45, 2.75) is 47.0 Å². The van der Waals surface area contributed by atoms with Crippen LogP contribution in [0, 0.1) is 11.3 Å². The molecule has 1 atom stereocenters. The molecule has 0 aliphatic heterocycles. The summed E-state index contributed by atoms with van der Waals surface area (Å²) in [6.45, 7) is 7.89. The maximum Gasteiger partial charge on any atom is 0.172 e. The van der Waals surface area contributed by atoms with Gasteiger partial charge in [0.25, 0.3) is 0 Å². The van der Waals surface area contributed by atoms with Gasteiger partial charge >= 0.3 is 0 Å². The average Bonchev–Trinajstić information content (AvgIpc) is 2.63. The number of Topliss-reactive ketones (excluding diaryl/α,β-unsaturated/α-hetero) is 2. The molecule has 0 aromatic rings. The molecule has 17 heavy (non-hydrogen) atoms. The molecule has 0 spiro atoms. The van der Waals surface area contributed by atoms with Gasteiger partial charge in [0.05, 0.1) is 0 Å². The molecule has 0 heterocycles. The summed E-state index contributed by atoms with van der Waals surface area (Å²) in [5.74, 6) is 0.197. The lowest BCUT2D eigenvalue weighted by atomic mass is 9.88. The minimum absolute atomic E-state index is 0.109. The lowest BCUT2D eigenvalue weighted by molar-refractivity contribution is -0.121. The van der Waals surface area contributed by atoms with Crippen molar-refractivity contribution in [3.63, 3.8) is 0 Å². The van der Waals surface area contributed by atoms with E-state index in [1.54, 1.807) is 0 Å². The van der Waals surface area contributed by atoms with Crippen molar-refractivity contribution in [3.05, 3.63) is 22.8 Å². The zero-order chi connectivity index (χ0) is 12.8. The van der Waals surface area contributed by atoms with E-state index >= 15 is 0 Å². The Morgan fingerprint density at radius 3 is 2.53 bits per heavy atom. The first-order valence-corrected chi connectivity index (χ1v) is 6.45. The van der Waals surface area contributed by atoms with E-state index in [-0.39, 0.29) is 17.5 Å². The maximum absolute atomic E-state index is 12.3. The third-order valence-electron chi connectivity index (χ3n) is 3.86. The molecule has 0 fully saturated rings. The van der Waals surface area contributed by atoms with Crippen LogP contribution in [0.2, 0.25) is 0 Å². The van der Waals surface area contributed by atoms with Crippen LogP contribution in [-0.2, 0) is 9.59 Å². The van der Waals surface area contributed by atoms with Gasteiger partial charge in [-0.15, -0.1) is 0 Å². The van der Waals surface area contributed by atoms with E-state index < -0.39 is 5.41 Å². The maximum atomic E-state index is 12.3. The second kappa shape index (κ2) is 3.94. The van der Waals surface area contributed by atoms with E-state index in [1.807, 2.05) is 26.8 Å². The van der Waals surface area contributed by atoms with E-state index in [2.05, 4.69) is 6.92 Å². The monoisotopic (exact) mass is 232 g/mol. The van der Waals surface area contributed by atoms with Crippen LogP contribution in [-0.4, -0.2) is 11.6 Å². The molecule has 2 nitrogen and oxygen atoms in total. The Balaban J connectivity index is 2.45. The summed E-state index contributed by atoms with van der Waals surface area (Å²) >= 11 is 0. The summed E-state index contributed by atoms with van der Waals surface area (Å²) < 4.78 is 0. The molecule has 0 amide bonds. The highest BCUT2D eigenvalue weighted by Gasteiger charge is 2.46. The SMILES string of the molecule is CCCCC1=C2C(=O)C(C)(C)C=C2C(C)C1=O. The first-order chi connectivity index (χ1) is 7.90. The van der Waals surface area contributed by atoms with E-state index in [0.717, 1.165) is 36.0 Å². The lowest BCUT2D eigenvalue weighted by Crippen LogP contribution is -2.19. The molecule has 2 heteroatoms. The van der Waals surface area contributed by atoms with E-state index in [9.17, 15) is 9.59 Å². The number of hydrogen-bond donors (Lipinski definition) is 0. The predicted molar refractivity (Wildman–Crippen MR) is 67.6 cm³/mol. The van der Waals surface area contributed by atoms with E-state index in [4.69, 9.17) is 0 Å². The van der Waals surface area contributed by atoms with E-state index in [0.29, 0.717) is 0 Å². The van der Waals surface area contributed by atoms with Crippen molar-refractivity contribution >= 4 is 11.6 Å². The first kappa shape index (κ1) is 12.3. The fourth-order valence-corrected chi connectivity index (χ4v) is 2.76. The summed E-state index contributed by atoms with van der Waals surface area (Å²) in [4.78, 5) is 24.4. The number of rotatable bonds is 3. The van der Waals surface area contributed by atoms with Gasteiger partial charge in [0, 0.05) is 22.5 Å². The van der Waals surface area contributed by atoms with Crippen LogP contribution in [0.3, 0.4) is 0 Å². The molecule has 0 saturated carbocycles. The van der Waals surface area contributed by atoms with Crippen LogP contribution in [0.5, 0.6) is 0 Å². The molecule has 0 bridgehead atoms. The lowest BCUT2D eigenvalue weighted by Gasteiger charge is -2.13. The minimum atomic E-state index is -0.420. The Hall–Kier alpha value is -1.18. The topological polar surface area (TPSA) is 34.1 Å². The van der Waals surface area contributed by atoms with E-state index in [1.165, 1.54) is 0 Å². The number of allylic oxidation sites excluding steroid dienone is 4. The van der Waals surface area contributed by atoms with Crippen molar-refractivity contribution in [1.82, 2.24) is 0 Å². The molecule has 2 rings (SSSR count). The molecule has 0 N–H and O–H groups in total. The quantitative estimate of drug-likeness (QED) is 0.748. The van der Waals surface area contributed by atoms with Crippen LogP contribution in [0.15, 0.2) is 22.8 Å². The molecule has 1 unspecified atom stereocenters. The smallest absolute Gasteiger partial charge is 0.172 e. The first-order valence-electron chi connectivity index (χ1n) is 6.45. The van der Waals surface area contributed by atoms with Crippen LogP contribution in [0.4, 0.5) is 0 Å². The van der Waals surface area contributed by atoms with Crippen molar-refractivity contribution in [1.29, 1.82) is 0 Å². The van der Waals surface area contributed by atoms with Crippen LogP contribution >= 0.6 is 0 Å². The molecule has 92 valence electrons. The summed E-state index contributed by atoms with van der Waals surface area (Å²) in [5.41, 5.74) is 2.11. The molecule has 2 aliphatic rings. The summed E-state index contributed by atoms with van der Waals surface area (Å²) in [6, 6.07) is 0. The average molecular weight is 232 g/mol. The zero-order valence-corrected chi connectivity index (χ0v) is 11.1. The summed E-state index contributed by atoms with van der Waals surface area (Å²) in [5, 5.41) is 0. The van der Waals surface area contributed by atoms with Gasteiger partial charge in [0.1, 0.15) is 0 Å². The number of carbonyl (C=O) groups is 2. The highest BCUT2D eigenvalue weighted by Crippen LogP contribution is 2.46. The van der Waals surface area contributed by atoms with Crippen molar-refractivity contribution in [2.24, 2.45) is 11.3 Å². The van der Waals surface area contributed by atoms with Gasteiger partial charge in [-0.3, -0.25) is 9.59 Å². The van der Waals surface area contributed by atoms with Gasteiger partial charge in [0.2, 0.25) is 0 Å². The number of fused-ring (bicyclic) bond motifs is 1. The zero-order valence-electron chi connectivity index (χ0n) is 11.1. The number of ketones is 2. The predicted octanol–water partition coefficient (Wildman–Crippen LogP) is 3.23. The van der Waals surface area contributed by atoms with Crippen LogP contribution in [0.25, 0.3) is 0 Å². The Labute approximate surface area is 103 Å². The van der Waals surface area contributed by atoms with Crippen LogP contribution < -0.4 is 0 Å². The normalized spacial score (nSPS) is 26.6. The van der Waals surface area contributed by atoms with Crippen molar-refractivity contribution in [2.75, 3.05) is 0 Å². The Kier molecular flexibility index (Phi) is 2.84. The van der Waals surface area contributed by atoms with Crippen molar-refractivity contribution < 1.29 is 9.59 Å². The Morgan fingerprint density at radius 1 is 1.29 bits per heavy atom. The highest BCUT2D eigenvalue weighted by atomic mass is 16.1. The van der Waals surface area contributed by atoms with Gasteiger partial charge < -0.3 is 0 Å². The molecular formula is C15H20O2. The molecule has 2 aliphatic carbocycles. The highest BCUT2D eigenvalue weighted by molar-refractivity contribution is 6.20. The van der Waals surface area contributed by atoms with Crippen LogP contribution in [0.1, 0.15) is 47.0 Å². The summed E-state index contributed by atoms with van der Waals surface area (Å²) in [6.07, 6.45) is 4.79. The molecular weight excluding hydrogens is 212 g/mol. The standard InChI is InChI=1S/C15H20O2/c1-5-6-7-10-12-11(9(2)13(10)16)8-15(3,4)14(12)17/h8-9H,5-7H2,1-4H3. The Bertz CT molecular complexity index is 450.